The number of nitrogens with zero attached hydrogens (tertiary/aromatic N) is 1. The van der Waals surface area contributed by atoms with E-state index >= 15 is 0 Å². The lowest BCUT2D eigenvalue weighted by atomic mass is 9.99. The Bertz CT molecular complexity index is 1180. The van der Waals surface area contributed by atoms with Crippen LogP contribution in [0.2, 0.25) is 0 Å². The molecule has 0 radical (unpaired) electrons. The number of alkyl halides is 3. The molecule has 1 N–H and O–H groups in total. The largest absolute Gasteiger partial charge is 0.496 e. The summed E-state index contributed by atoms with van der Waals surface area (Å²) in [4.78, 5) is 14.7. The Morgan fingerprint density at radius 2 is 1.90 bits per heavy atom. The van der Waals surface area contributed by atoms with Gasteiger partial charge in [-0.3, -0.25) is 4.79 Å². The third-order valence-electron chi connectivity index (χ3n) is 4.43. The van der Waals surface area contributed by atoms with Gasteiger partial charge in [-0.15, -0.1) is 0 Å². The van der Waals surface area contributed by atoms with Crippen LogP contribution < -0.4 is 15.0 Å². The lowest BCUT2D eigenvalue weighted by molar-refractivity contribution is -0.137. The molecule has 0 unspecified atom stereocenters. The molecule has 154 valence electrons. The van der Waals surface area contributed by atoms with E-state index in [2.05, 4.69) is 4.98 Å². The number of aryl methyl sites for hydroxylation is 1. The van der Waals surface area contributed by atoms with E-state index in [4.69, 9.17) is 9.47 Å². The molecule has 0 amide bonds. The van der Waals surface area contributed by atoms with Crippen molar-refractivity contribution in [1.82, 2.24) is 4.98 Å². The SMILES string of the molecule is COc1ccc(-c2cc(C)[nH]c(=O)c2C#N)cc1COc1cccc(C(F)(F)F)c1. The molecule has 0 aliphatic heterocycles. The quantitative estimate of drug-likeness (QED) is 0.649. The first-order valence-electron chi connectivity index (χ1n) is 8.84. The van der Waals surface area contributed by atoms with Crippen molar-refractivity contribution < 1.29 is 22.6 Å². The van der Waals surface area contributed by atoms with Crippen LogP contribution >= 0.6 is 0 Å². The molecule has 0 bridgehead atoms. The second kappa shape index (κ2) is 8.33. The molecule has 5 nitrogen and oxygen atoms in total. The Kier molecular flexibility index (Phi) is 5.83. The number of aromatic nitrogens is 1. The summed E-state index contributed by atoms with van der Waals surface area (Å²) in [6, 6.07) is 13.2. The van der Waals surface area contributed by atoms with Crippen molar-refractivity contribution in [2.75, 3.05) is 7.11 Å². The monoisotopic (exact) mass is 414 g/mol. The van der Waals surface area contributed by atoms with Crippen molar-refractivity contribution in [3.8, 4) is 28.7 Å². The molecule has 2 aromatic carbocycles. The number of pyridine rings is 1. The third kappa shape index (κ3) is 4.46. The second-order valence-corrected chi connectivity index (χ2v) is 6.52. The fourth-order valence-corrected chi connectivity index (χ4v) is 3.01. The maximum atomic E-state index is 12.9. The molecule has 8 heteroatoms. The van der Waals surface area contributed by atoms with Crippen LogP contribution in [0.4, 0.5) is 13.2 Å². The maximum absolute atomic E-state index is 12.9. The number of nitriles is 1. The van der Waals surface area contributed by atoms with Crippen LogP contribution in [0, 0.1) is 18.3 Å². The molecule has 1 aromatic heterocycles. The molecule has 3 rings (SSSR count). The van der Waals surface area contributed by atoms with Crippen molar-refractivity contribution in [2.45, 2.75) is 19.7 Å². The number of hydrogen-bond acceptors (Lipinski definition) is 4. The van der Waals surface area contributed by atoms with Gasteiger partial charge in [-0.25, -0.2) is 0 Å². The van der Waals surface area contributed by atoms with Gasteiger partial charge in [0, 0.05) is 16.8 Å². The molecule has 0 aliphatic rings. The Labute approximate surface area is 170 Å². The van der Waals surface area contributed by atoms with E-state index in [9.17, 15) is 23.2 Å². The van der Waals surface area contributed by atoms with E-state index in [0.717, 1.165) is 12.1 Å². The minimum atomic E-state index is -4.47. The molecular formula is C22H17F3N2O3. The second-order valence-electron chi connectivity index (χ2n) is 6.52. The maximum Gasteiger partial charge on any atom is 0.416 e. The molecule has 0 atom stereocenters. The molecule has 0 saturated heterocycles. The summed E-state index contributed by atoms with van der Waals surface area (Å²) < 4.78 is 49.6. The first kappa shape index (κ1) is 21.0. The first-order chi connectivity index (χ1) is 14.2. The minimum Gasteiger partial charge on any atom is -0.496 e. The molecule has 0 aliphatic carbocycles. The topological polar surface area (TPSA) is 75.1 Å². The molecule has 0 fully saturated rings. The van der Waals surface area contributed by atoms with Crippen LogP contribution in [0.1, 0.15) is 22.4 Å². The number of benzene rings is 2. The fraction of sp³-hybridized carbons (Fsp3) is 0.182. The predicted molar refractivity (Wildman–Crippen MR) is 104 cm³/mol. The summed E-state index contributed by atoms with van der Waals surface area (Å²) in [5.41, 5.74) is 0.839. The Balaban J connectivity index is 1.96. The van der Waals surface area contributed by atoms with Crippen LogP contribution in [-0.4, -0.2) is 12.1 Å². The summed E-state index contributed by atoms with van der Waals surface area (Å²) in [6.45, 7) is 1.63. The van der Waals surface area contributed by atoms with E-state index < -0.39 is 17.3 Å². The molecule has 0 saturated carbocycles. The van der Waals surface area contributed by atoms with Crippen LogP contribution in [-0.2, 0) is 12.8 Å². The lowest BCUT2D eigenvalue weighted by Gasteiger charge is -2.14. The predicted octanol–water partition coefficient (Wildman–Crippen LogP) is 4.83. The number of rotatable bonds is 5. The van der Waals surface area contributed by atoms with E-state index in [1.165, 1.54) is 19.2 Å². The van der Waals surface area contributed by atoms with Crippen LogP contribution in [0.15, 0.2) is 53.3 Å². The Morgan fingerprint density at radius 3 is 2.57 bits per heavy atom. The summed E-state index contributed by atoms with van der Waals surface area (Å²) in [7, 11) is 1.46. The summed E-state index contributed by atoms with van der Waals surface area (Å²) in [6.07, 6.45) is -4.47. The lowest BCUT2D eigenvalue weighted by Crippen LogP contribution is -2.12. The van der Waals surface area contributed by atoms with Gasteiger partial charge >= 0.3 is 6.18 Å². The highest BCUT2D eigenvalue weighted by Crippen LogP contribution is 2.32. The van der Waals surface area contributed by atoms with Crippen molar-refractivity contribution in [1.29, 1.82) is 5.26 Å². The van der Waals surface area contributed by atoms with Crippen molar-refractivity contribution in [2.24, 2.45) is 0 Å². The van der Waals surface area contributed by atoms with Crippen molar-refractivity contribution in [3.05, 3.63) is 81.3 Å². The van der Waals surface area contributed by atoms with Crippen LogP contribution in [0.3, 0.4) is 0 Å². The molecular weight excluding hydrogens is 397 g/mol. The molecule has 3 aromatic rings. The average Bonchev–Trinajstić information content (AvgIpc) is 2.71. The van der Waals surface area contributed by atoms with E-state index in [0.29, 0.717) is 28.1 Å². The Morgan fingerprint density at radius 1 is 1.13 bits per heavy atom. The molecule has 0 spiro atoms. The van der Waals surface area contributed by atoms with Crippen molar-refractivity contribution in [3.63, 3.8) is 0 Å². The Hall–Kier alpha value is -3.73. The normalized spacial score (nSPS) is 11.1. The summed E-state index contributed by atoms with van der Waals surface area (Å²) in [5, 5.41) is 9.35. The van der Waals surface area contributed by atoms with Crippen molar-refractivity contribution >= 4 is 0 Å². The van der Waals surface area contributed by atoms with Crippen LogP contribution in [0.5, 0.6) is 11.5 Å². The van der Waals surface area contributed by atoms with Crippen LogP contribution in [0.25, 0.3) is 11.1 Å². The third-order valence-corrected chi connectivity index (χ3v) is 4.43. The zero-order valence-corrected chi connectivity index (χ0v) is 16.1. The summed E-state index contributed by atoms with van der Waals surface area (Å²) in [5.74, 6) is 0.521. The zero-order chi connectivity index (χ0) is 21.9. The zero-order valence-electron chi connectivity index (χ0n) is 16.1. The van der Waals surface area contributed by atoms with E-state index in [1.807, 2.05) is 6.07 Å². The van der Waals surface area contributed by atoms with E-state index in [1.54, 1.807) is 31.2 Å². The number of H-pyrrole nitrogens is 1. The highest BCUT2D eigenvalue weighted by atomic mass is 19.4. The fourth-order valence-electron chi connectivity index (χ4n) is 3.01. The van der Waals surface area contributed by atoms with E-state index in [-0.39, 0.29) is 17.9 Å². The highest BCUT2D eigenvalue weighted by Gasteiger charge is 2.30. The molecule has 30 heavy (non-hydrogen) atoms. The first-order valence-corrected chi connectivity index (χ1v) is 8.84. The van der Waals surface area contributed by atoms with Gasteiger partial charge < -0.3 is 14.5 Å². The number of aromatic amines is 1. The van der Waals surface area contributed by atoms with Gasteiger partial charge in [-0.2, -0.15) is 18.4 Å². The van der Waals surface area contributed by atoms with Gasteiger partial charge in [0.2, 0.25) is 0 Å². The van der Waals surface area contributed by atoms with Gasteiger partial charge in [-0.05, 0) is 48.9 Å². The number of nitrogens with one attached hydrogen (secondary N) is 1. The number of hydrogen-bond donors (Lipinski definition) is 1. The smallest absolute Gasteiger partial charge is 0.416 e. The molecule has 1 heterocycles. The van der Waals surface area contributed by atoms with Gasteiger partial charge in [0.25, 0.3) is 5.56 Å². The van der Waals surface area contributed by atoms with Gasteiger partial charge in [0.15, 0.2) is 0 Å². The minimum absolute atomic E-state index is 0.0319. The highest BCUT2D eigenvalue weighted by molar-refractivity contribution is 5.71. The van der Waals surface area contributed by atoms with Gasteiger partial charge in [0.1, 0.15) is 29.7 Å². The average molecular weight is 414 g/mol. The number of ether oxygens (including phenoxy) is 2. The van der Waals surface area contributed by atoms with Gasteiger partial charge in [0.05, 0.1) is 12.7 Å². The van der Waals surface area contributed by atoms with Gasteiger partial charge in [-0.1, -0.05) is 12.1 Å². The summed E-state index contributed by atoms with van der Waals surface area (Å²) >= 11 is 0. The number of halogens is 3. The standard InChI is InChI=1S/C22H17F3N2O3/c1-13-8-18(19(11-26)21(28)27-13)14-6-7-20(29-2)15(9-14)12-30-17-5-3-4-16(10-17)22(23,24)25/h3-10H,12H2,1-2H3,(H,27,28). The number of methoxy groups -OCH3 is 1.